The molecule has 4 rings (SSSR count). The van der Waals surface area contributed by atoms with E-state index in [0.29, 0.717) is 35.1 Å². The molecule has 0 bridgehead atoms. The zero-order chi connectivity index (χ0) is 22.6. The second-order valence-corrected chi connectivity index (χ2v) is 8.62. The molecule has 7 nitrogen and oxygen atoms in total. The van der Waals surface area contributed by atoms with Gasteiger partial charge >= 0.3 is 0 Å². The van der Waals surface area contributed by atoms with Gasteiger partial charge in [0.15, 0.2) is 11.5 Å². The van der Waals surface area contributed by atoms with Crippen molar-refractivity contribution in [2.24, 2.45) is 0 Å². The summed E-state index contributed by atoms with van der Waals surface area (Å²) in [5.41, 5.74) is 1.97. The van der Waals surface area contributed by atoms with Crippen LogP contribution < -0.4 is 14.2 Å². The zero-order valence-corrected chi connectivity index (χ0v) is 18.4. The lowest BCUT2D eigenvalue weighted by atomic mass is 10.1. The molecule has 1 heterocycles. The van der Waals surface area contributed by atoms with Gasteiger partial charge in [-0.1, -0.05) is 48.5 Å². The van der Waals surface area contributed by atoms with Crippen molar-refractivity contribution in [3.05, 3.63) is 90.3 Å². The third-order valence-electron chi connectivity index (χ3n) is 4.81. The van der Waals surface area contributed by atoms with Gasteiger partial charge in [0.05, 0.1) is 19.1 Å². The second kappa shape index (κ2) is 9.15. The molecular weight excluding hydrogens is 428 g/mol. The third-order valence-corrected chi connectivity index (χ3v) is 6.15. The number of anilines is 1. The molecule has 0 aliphatic heterocycles. The van der Waals surface area contributed by atoms with Gasteiger partial charge in [-0.05, 0) is 35.9 Å². The molecule has 0 saturated carbocycles. The lowest BCUT2D eigenvalue weighted by molar-refractivity contribution is 0.355. The van der Waals surface area contributed by atoms with Gasteiger partial charge in [0.25, 0.3) is 10.0 Å². The quantitative estimate of drug-likeness (QED) is 0.417. The van der Waals surface area contributed by atoms with Gasteiger partial charge < -0.3 is 13.9 Å². The fourth-order valence-electron chi connectivity index (χ4n) is 3.24. The zero-order valence-electron chi connectivity index (χ0n) is 17.6. The van der Waals surface area contributed by atoms with Crippen LogP contribution in [0.25, 0.3) is 11.3 Å². The minimum atomic E-state index is -3.87. The smallest absolute Gasteiger partial charge is 0.264 e. The summed E-state index contributed by atoms with van der Waals surface area (Å²) in [6, 6.07) is 23.0. The number of hydrogen-bond acceptors (Lipinski definition) is 6. The molecule has 0 unspecified atom stereocenters. The van der Waals surface area contributed by atoms with E-state index >= 15 is 0 Å². The molecule has 0 spiro atoms. The summed E-state index contributed by atoms with van der Waals surface area (Å²) in [6.07, 6.45) is 0.411. The summed E-state index contributed by atoms with van der Waals surface area (Å²) in [5, 5.41) is 0. The summed E-state index contributed by atoms with van der Waals surface area (Å²) in [7, 11) is -0.793. The first-order valence-electron chi connectivity index (χ1n) is 9.84. The number of aromatic nitrogens is 1. The van der Waals surface area contributed by atoms with E-state index in [-0.39, 0.29) is 10.8 Å². The lowest BCUT2D eigenvalue weighted by Crippen LogP contribution is -2.12. The maximum Gasteiger partial charge on any atom is 0.264 e. The summed E-state index contributed by atoms with van der Waals surface area (Å²) >= 11 is 0. The number of ether oxygens (including phenoxy) is 2. The monoisotopic (exact) mass is 450 g/mol. The molecule has 32 heavy (non-hydrogen) atoms. The molecule has 4 aromatic rings. The van der Waals surface area contributed by atoms with E-state index in [0.717, 1.165) is 5.56 Å². The van der Waals surface area contributed by atoms with E-state index in [4.69, 9.17) is 13.9 Å². The number of nitrogens with zero attached hydrogens (tertiary/aromatic N) is 1. The summed E-state index contributed by atoms with van der Waals surface area (Å²) in [4.78, 5) is 4.72. The van der Waals surface area contributed by atoms with Gasteiger partial charge in [-0.2, -0.15) is 0 Å². The van der Waals surface area contributed by atoms with Crippen molar-refractivity contribution in [3.63, 3.8) is 0 Å². The molecule has 0 aliphatic carbocycles. The molecule has 0 aliphatic rings. The highest BCUT2D eigenvalue weighted by molar-refractivity contribution is 7.92. The first-order valence-corrected chi connectivity index (χ1v) is 11.3. The highest BCUT2D eigenvalue weighted by Crippen LogP contribution is 2.36. The van der Waals surface area contributed by atoms with Crippen LogP contribution in [0.15, 0.2) is 88.2 Å². The van der Waals surface area contributed by atoms with Crippen LogP contribution in [0.3, 0.4) is 0 Å². The van der Waals surface area contributed by atoms with Crippen LogP contribution in [0, 0.1) is 0 Å². The fourth-order valence-corrected chi connectivity index (χ4v) is 4.26. The van der Waals surface area contributed by atoms with Crippen LogP contribution >= 0.6 is 0 Å². The number of sulfonamides is 1. The Morgan fingerprint density at radius 1 is 0.875 bits per heavy atom. The maximum absolute atomic E-state index is 12.9. The van der Waals surface area contributed by atoms with Gasteiger partial charge in [-0.25, -0.2) is 18.1 Å². The average molecular weight is 451 g/mol. The van der Waals surface area contributed by atoms with E-state index < -0.39 is 10.0 Å². The third kappa shape index (κ3) is 4.60. The Bertz CT molecular complexity index is 1300. The van der Waals surface area contributed by atoms with Crippen molar-refractivity contribution in [2.75, 3.05) is 18.9 Å². The number of benzene rings is 3. The predicted octanol–water partition coefficient (Wildman–Crippen LogP) is 4.75. The van der Waals surface area contributed by atoms with Gasteiger partial charge in [-0.15, -0.1) is 0 Å². The van der Waals surface area contributed by atoms with Gasteiger partial charge in [0.2, 0.25) is 11.8 Å². The summed E-state index contributed by atoms with van der Waals surface area (Å²) in [5.74, 6) is 1.46. The molecule has 3 aromatic carbocycles. The predicted molar refractivity (Wildman–Crippen MR) is 122 cm³/mol. The lowest BCUT2D eigenvalue weighted by Gasteiger charge is -2.10. The molecule has 1 aromatic heterocycles. The Morgan fingerprint density at radius 2 is 1.53 bits per heavy atom. The van der Waals surface area contributed by atoms with E-state index in [1.165, 1.54) is 19.2 Å². The van der Waals surface area contributed by atoms with Gasteiger partial charge in [0.1, 0.15) is 5.69 Å². The first kappa shape index (κ1) is 21.5. The summed E-state index contributed by atoms with van der Waals surface area (Å²) in [6.45, 7) is 0. The standard InChI is InChI=1S/C24H22N2O5S/c1-29-20-14-13-18(16-21(20)30-2)23-24(26-32(27,28)19-11-7-4-8-12-19)31-22(25-23)15-17-9-5-3-6-10-17/h3-14,16,26H,15H2,1-2H3. The Morgan fingerprint density at radius 3 is 2.19 bits per heavy atom. The SMILES string of the molecule is COc1ccc(-c2nc(Cc3ccccc3)oc2NS(=O)(=O)c2ccccc2)cc1OC. The molecule has 0 radical (unpaired) electrons. The minimum absolute atomic E-state index is 0.0343. The van der Waals surface area contributed by atoms with Crippen molar-refractivity contribution >= 4 is 15.9 Å². The van der Waals surface area contributed by atoms with Crippen LogP contribution in [-0.2, 0) is 16.4 Å². The second-order valence-electron chi connectivity index (χ2n) is 6.94. The molecule has 8 heteroatoms. The Balaban J connectivity index is 1.77. The number of methoxy groups -OCH3 is 2. The normalized spacial score (nSPS) is 11.2. The molecule has 0 fully saturated rings. The molecule has 0 saturated heterocycles. The largest absolute Gasteiger partial charge is 0.493 e. The Kier molecular flexibility index (Phi) is 6.13. The molecule has 0 atom stereocenters. The van der Waals surface area contributed by atoms with E-state index in [9.17, 15) is 8.42 Å². The maximum atomic E-state index is 12.9. The molecule has 0 amide bonds. The van der Waals surface area contributed by atoms with Crippen molar-refractivity contribution in [1.29, 1.82) is 0 Å². The number of rotatable bonds is 8. The molecule has 1 N–H and O–H groups in total. The van der Waals surface area contributed by atoms with Crippen molar-refractivity contribution in [3.8, 4) is 22.8 Å². The fraction of sp³-hybridized carbons (Fsp3) is 0.125. The average Bonchev–Trinajstić information content (AvgIpc) is 3.21. The van der Waals surface area contributed by atoms with Crippen molar-refractivity contribution < 1.29 is 22.3 Å². The topological polar surface area (TPSA) is 90.7 Å². The highest BCUT2D eigenvalue weighted by Gasteiger charge is 2.23. The Labute approximate surface area is 186 Å². The number of oxazole rings is 1. The molecular formula is C24H22N2O5S. The Hall–Kier alpha value is -3.78. The van der Waals surface area contributed by atoms with Gasteiger partial charge in [-0.3, -0.25) is 0 Å². The van der Waals surface area contributed by atoms with Crippen LogP contribution in [0.4, 0.5) is 5.88 Å². The van der Waals surface area contributed by atoms with Crippen LogP contribution in [0.1, 0.15) is 11.5 Å². The summed E-state index contributed by atoms with van der Waals surface area (Å²) < 4.78 is 45.0. The van der Waals surface area contributed by atoms with Crippen molar-refractivity contribution in [2.45, 2.75) is 11.3 Å². The van der Waals surface area contributed by atoms with Crippen molar-refractivity contribution in [1.82, 2.24) is 4.98 Å². The minimum Gasteiger partial charge on any atom is -0.493 e. The van der Waals surface area contributed by atoms with E-state index in [1.54, 1.807) is 43.5 Å². The van der Waals surface area contributed by atoms with Crippen LogP contribution in [0.5, 0.6) is 11.5 Å². The van der Waals surface area contributed by atoms with Crippen LogP contribution in [0.2, 0.25) is 0 Å². The number of hydrogen-bond donors (Lipinski definition) is 1. The van der Waals surface area contributed by atoms with E-state index in [2.05, 4.69) is 9.71 Å². The van der Waals surface area contributed by atoms with E-state index in [1.807, 2.05) is 30.3 Å². The number of nitrogens with one attached hydrogen (secondary N) is 1. The first-order chi connectivity index (χ1) is 15.5. The molecule has 164 valence electrons. The highest BCUT2D eigenvalue weighted by atomic mass is 32.2. The van der Waals surface area contributed by atoms with Crippen LogP contribution in [-0.4, -0.2) is 27.6 Å². The van der Waals surface area contributed by atoms with Gasteiger partial charge in [0, 0.05) is 12.0 Å².